The number of carbonyl (C=O) groups is 1. The highest BCUT2D eigenvalue weighted by atomic mass is 35.5. The molecule has 1 aromatic carbocycles. The van der Waals surface area contributed by atoms with Gasteiger partial charge in [-0.1, -0.05) is 12.1 Å². The first-order valence-electron chi connectivity index (χ1n) is 6.40. The summed E-state index contributed by atoms with van der Waals surface area (Å²) in [4.78, 5) is 12.0. The topological polar surface area (TPSA) is 55.1 Å². The van der Waals surface area contributed by atoms with E-state index in [1.165, 1.54) is 0 Å². The van der Waals surface area contributed by atoms with Crippen molar-refractivity contribution < 1.29 is 4.79 Å². The van der Waals surface area contributed by atoms with Gasteiger partial charge in [0.2, 0.25) is 0 Å². The van der Waals surface area contributed by atoms with E-state index in [-0.39, 0.29) is 11.9 Å². The molecule has 0 aromatic heterocycles. The molecule has 1 aliphatic rings. The monoisotopic (exact) mass is 266 g/mol. The Balaban J connectivity index is 1.90. The number of rotatable bonds is 3. The lowest BCUT2D eigenvalue weighted by atomic mass is 9.91. The molecular weight excluding hydrogens is 248 g/mol. The van der Waals surface area contributed by atoms with E-state index in [1.54, 1.807) is 0 Å². The molecule has 2 rings (SSSR count). The Bertz CT molecular complexity index is 397. The Kier molecular flexibility index (Phi) is 4.61. The van der Waals surface area contributed by atoms with Crippen molar-refractivity contribution in [3.8, 4) is 0 Å². The Hall–Kier alpha value is -1.06. The molecule has 0 spiro atoms. The predicted octanol–water partition coefficient (Wildman–Crippen LogP) is 2.43. The molecule has 0 heterocycles. The van der Waals surface area contributed by atoms with Gasteiger partial charge in [0.1, 0.15) is 0 Å². The predicted molar refractivity (Wildman–Crippen MR) is 73.7 cm³/mol. The van der Waals surface area contributed by atoms with E-state index < -0.39 is 0 Å². The van der Waals surface area contributed by atoms with E-state index in [0.717, 1.165) is 31.2 Å². The van der Waals surface area contributed by atoms with Crippen LogP contribution in [0, 0.1) is 0 Å². The van der Waals surface area contributed by atoms with E-state index >= 15 is 0 Å². The summed E-state index contributed by atoms with van der Waals surface area (Å²) in [6.07, 6.45) is 3.95. The normalized spacial score (nSPS) is 23.7. The lowest BCUT2D eigenvalue weighted by Crippen LogP contribution is -2.40. The number of carbonyl (C=O) groups excluding carboxylic acids is 1. The van der Waals surface area contributed by atoms with Gasteiger partial charge in [-0.25, -0.2) is 0 Å². The zero-order chi connectivity index (χ0) is 13.0. The zero-order valence-electron chi connectivity index (χ0n) is 10.4. The van der Waals surface area contributed by atoms with Gasteiger partial charge in [0, 0.05) is 23.5 Å². The van der Waals surface area contributed by atoms with Crippen molar-refractivity contribution in [3.05, 3.63) is 35.4 Å². The molecule has 3 nitrogen and oxygen atoms in total. The molecule has 0 bridgehead atoms. The highest BCUT2D eigenvalue weighted by molar-refractivity contribution is 6.17. The second-order valence-corrected chi connectivity index (χ2v) is 5.18. The minimum absolute atomic E-state index is 0.00315. The molecule has 1 aliphatic carbocycles. The number of benzene rings is 1. The Labute approximate surface area is 113 Å². The van der Waals surface area contributed by atoms with Gasteiger partial charge in [-0.05, 0) is 43.4 Å². The average Bonchev–Trinajstić information content (AvgIpc) is 2.41. The van der Waals surface area contributed by atoms with E-state index in [0.29, 0.717) is 17.5 Å². The number of nitrogens with one attached hydrogen (secondary N) is 1. The number of amides is 1. The number of hydrogen-bond acceptors (Lipinski definition) is 2. The van der Waals surface area contributed by atoms with Crippen molar-refractivity contribution in [1.82, 2.24) is 5.32 Å². The molecule has 0 saturated heterocycles. The fourth-order valence-corrected chi connectivity index (χ4v) is 2.46. The molecule has 18 heavy (non-hydrogen) atoms. The van der Waals surface area contributed by atoms with Crippen molar-refractivity contribution in [2.45, 2.75) is 43.6 Å². The van der Waals surface area contributed by atoms with Gasteiger partial charge in [0.05, 0.1) is 0 Å². The van der Waals surface area contributed by atoms with Crippen LogP contribution in [0.25, 0.3) is 0 Å². The van der Waals surface area contributed by atoms with Gasteiger partial charge >= 0.3 is 0 Å². The molecule has 1 saturated carbocycles. The summed E-state index contributed by atoms with van der Waals surface area (Å²) in [6.45, 7) is 0. The molecule has 1 amide bonds. The van der Waals surface area contributed by atoms with E-state index in [4.69, 9.17) is 17.3 Å². The maximum absolute atomic E-state index is 12.0. The maximum atomic E-state index is 12.0. The summed E-state index contributed by atoms with van der Waals surface area (Å²) < 4.78 is 0. The van der Waals surface area contributed by atoms with Gasteiger partial charge in [-0.15, -0.1) is 11.6 Å². The fourth-order valence-electron chi connectivity index (χ4n) is 2.28. The molecule has 0 unspecified atom stereocenters. The maximum Gasteiger partial charge on any atom is 0.251 e. The second-order valence-electron chi connectivity index (χ2n) is 4.92. The quantitative estimate of drug-likeness (QED) is 0.826. The third-order valence-corrected chi connectivity index (χ3v) is 3.79. The van der Waals surface area contributed by atoms with Crippen molar-refractivity contribution >= 4 is 17.5 Å². The van der Waals surface area contributed by atoms with Crippen LogP contribution in [0.2, 0.25) is 0 Å². The first-order valence-corrected chi connectivity index (χ1v) is 6.94. The lowest BCUT2D eigenvalue weighted by Gasteiger charge is -2.26. The van der Waals surface area contributed by atoms with Crippen LogP contribution in [0.1, 0.15) is 41.6 Å². The van der Waals surface area contributed by atoms with E-state index in [1.807, 2.05) is 24.3 Å². The molecule has 3 N–H and O–H groups in total. The van der Waals surface area contributed by atoms with Gasteiger partial charge < -0.3 is 11.1 Å². The molecule has 0 atom stereocenters. The highest BCUT2D eigenvalue weighted by Crippen LogP contribution is 2.17. The molecule has 0 aliphatic heterocycles. The van der Waals surface area contributed by atoms with Crippen LogP contribution < -0.4 is 11.1 Å². The van der Waals surface area contributed by atoms with E-state index in [9.17, 15) is 4.79 Å². The van der Waals surface area contributed by atoms with Gasteiger partial charge in [-0.2, -0.15) is 0 Å². The standard InChI is InChI=1S/C14H19ClN2O/c15-9-10-1-3-11(4-2-10)14(18)17-13-7-5-12(16)6-8-13/h1-4,12-13H,5-9,16H2,(H,17,18). The van der Waals surface area contributed by atoms with Crippen molar-refractivity contribution in [3.63, 3.8) is 0 Å². The smallest absolute Gasteiger partial charge is 0.251 e. The van der Waals surface area contributed by atoms with Crippen molar-refractivity contribution in [2.24, 2.45) is 5.73 Å². The molecular formula is C14H19ClN2O. The summed E-state index contributed by atoms with van der Waals surface area (Å²) in [7, 11) is 0. The average molecular weight is 267 g/mol. The van der Waals surface area contributed by atoms with Crippen LogP contribution in [-0.4, -0.2) is 18.0 Å². The van der Waals surface area contributed by atoms with Gasteiger partial charge in [-0.3, -0.25) is 4.79 Å². The SMILES string of the molecule is NC1CCC(NC(=O)c2ccc(CCl)cc2)CC1. The van der Waals surface area contributed by atoms with Crippen molar-refractivity contribution in [1.29, 1.82) is 0 Å². The third kappa shape index (κ3) is 3.47. The minimum atomic E-state index is -0.00315. The van der Waals surface area contributed by atoms with Crippen LogP contribution in [0.5, 0.6) is 0 Å². The van der Waals surface area contributed by atoms with E-state index in [2.05, 4.69) is 5.32 Å². The first-order chi connectivity index (χ1) is 8.69. The van der Waals surface area contributed by atoms with Crippen LogP contribution in [0.4, 0.5) is 0 Å². The molecule has 4 heteroatoms. The van der Waals surface area contributed by atoms with Crippen LogP contribution >= 0.6 is 11.6 Å². The second kappa shape index (κ2) is 6.21. The Morgan fingerprint density at radius 1 is 1.22 bits per heavy atom. The Morgan fingerprint density at radius 2 is 1.83 bits per heavy atom. The number of alkyl halides is 1. The molecule has 98 valence electrons. The van der Waals surface area contributed by atoms with Crippen molar-refractivity contribution in [2.75, 3.05) is 0 Å². The zero-order valence-corrected chi connectivity index (χ0v) is 11.1. The summed E-state index contributed by atoms with van der Waals surface area (Å²) in [5.41, 5.74) is 7.56. The number of hydrogen-bond donors (Lipinski definition) is 2. The number of halogens is 1. The van der Waals surface area contributed by atoms with Gasteiger partial charge in [0.25, 0.3) is 5.91 Å². The summed E-state index contributed by atoms with van der Waals surface area (Å²) in [5, 5.41) is 3.07. The molecule has 0 radical (unpaired) electrons. The minimum Gasteiger partial charge on any atom is -0.349 e. The first kappa shape index (κ1) is 13.4. The lowest BCUT2D eigenvalue weighted by molar-refractivity contribution is 0.0926. The van der Waals surface area contributed by atoms with Crippen LogP contribution in [0.3, 0.4) is 0 Å². The summed E-state index contributed by atoms with van der Waals surface area (Å²) >= 11 is 5.72. The third-order valence-electron chi connectivity index (χ3n) is 3.48. The largest absolute Gasteiger partial charge is 0.349 e. The molecule has 1 aromatic rings. The Morgan fingerprint density at radius 3 is 2.39 bits per heavy atom. The highest BCUT2D eigenvalue weighted by Gasteiger charge is 2.20. The van der Waals surface area contributed by atoms with Crippen LogP contribution in [0.15, 0.2) is 24.3 Å². The molecule has 1 fully saturated rings. The summed E-state index contributed by atoms with van der Waals surface area (Å²) in [5.74, 6) is 0.471. The summed E-state index contributed by atoms with van der Waals surface area (Å²) in [6, 6.07) is 7.99. The fraction of sp³-hybridized carbons (Fsp3) is 0.500. The van der Waals surface area contributed by atoms with Gasteiger partial charge in [0.15, 0.2) is 0 Å². The number of nitrogens with two attached hydrogens (primary N) is 1. The van der Waals surface area contributed by atoms with Crippen LogP contribution in [-0.2, 0) is 5.88 Å².